The van der Waals surface area contributed by atoms with Crippen LogP contribution in [0.3, 0.4) is 0 Å². The van der Waals surface area contributed by atoms with E-state index >= 15 is 0 Å². The number of oxazole rings is 1. The smallest absolute Gasteiger partial charge is 0.298 e. The van der Waals surface area contributed by atoms with Crippen LogP contribution >= 0.6 is 11.6 Å². The number of fused-ring (bicyclic) bond motifs is 1. The van der Waals surface area contributed by atoms with Gasteiger partial charge in [0.2, 0.25) is 5.91 Å². The molecule has 1 fully saturated rings. The van der Waals surface area contributed by atoms with Crippen molar-refractivity contribution in [2.24, 2.45) is 5.92 Å². The molecule has 142 valence electrons. The highest BCUT2D eigenvalue weighted by Gasteiger charge is 2.25. The topological polar surface area (TPSA) is 76.2 Å². The fraction of sp³-hybridized carbons (Fsp3) is 0.421. The zero-order valence-corrected chi connectivity index (χ0v) is 15.7. The molecule has 27 heavy (non-hydrogen) atoms. The molecular weight excluding hydrogens is 366 g/mol. The number of hydrogen-bond acceptors (Lipinski definition) is 5. The number of nitrogens with one attached hydrogen (secondary N) is 1. The first-order valence-electron chi connectivity index (χ1n) is 9.22. The van der Waals surface area contributed by atoms with E-state index in [-0.39, 0.29) is 5.91 Å². The van der Waals surface area contributed by atoms with E-state index in [9.17, 15) is 4.79 Å². The van der Waals surface area contributed by atoms with Crippen LogP contribution in [0.2, 0.25) is 5.02 Å². The number of carbonyl (C=O) groups excluding carboxylic acids is 1. The maximum Gasteiger partial charge on any atom is 0.298 e. The molecule has 7 nitrogen and oxygen atoms in total. The Morgan fingerprint density at radius 3 is 3.19 bits per heavy atom. The first-order valence-corrected chi connectivity index (χ1v) is 9.60. The Bertz CT molecular complexity index is 908. The standard InChI is InChI=1S/C19H22ClN5O2/c20-15-4-5-16-17(12-15)27-19(23-16)24-8-1-3-14(13-24)11-18(26)21-7-10-25-9-2-6-22-25/h2,4-6,9,12,14H,1,3,7-8,10-11,13H2,(H,21,26). The van der Waals surface area contributed by atoms with E-state index in [0.29, 0.717) is 42.0 Å². The van der Waals surface area contributed by atoms with E-state index < -0.39 is 0 Å². The first kappa shape index (κ1) is 17.9. The molecule has 1 aliphatic rings. The predicted molar refractivity (Wildman–Crippen MR) is 104 cm³/mol. The van der Waals surface area contributed by atoms with Crippen LogP contribution in [0.4, 0.5) is 6.01 Å². The van der Waals surface area contributed by atoms with E-state index in [0.717, 1.165) is 31.4 Å². The third-order valence-corrected chi connectivity index (χ3v) is 5.06. The van der Waals surface area contributed by atoms with Gasteiger partial charge >= 0.3 is 0 Å². The van der Waals surface area contributed by atoms with Gasteiger partial charge < -0.3 is 14.6 Å². The summed E-state index contributed by atoms with van der Waals surface area (Å²) in [5, 5.41) is 7.74. The van der Waals surface area contributed by atoms with Crippen molar-refractivity contribution in [3.05, 3.63) is 41.7 Å². The van der Waals surface area contributed by atoms with Gasteiger partial charge in [-0.2, -0.15) is 10.1 Å². The molecular formula is C19H22ClN5O2. The van der Waals surface area contributed by atoms with Crippen molar-refractivity contribution in [3.8, 4) is 0 Å². The highest BCUT2D eigenvalue weighted by atomic mass is 35.5. The third-order valence-electron chi connectivity index (χ3n) is 4.83. The van der Waals surface area contributed by atoms with Crippen molar-refractivity contribution in [2.75, 3.05) is 24.5 Å². The predicted octanol–water partition coefficient (Wildman–Crippen LogP) is 3.10. The van der Waals surface area contributed by atoms with Gasteiger partial charge in [-0.1, -0.05) is 11.6 Å². The molecule has 2 aromatic heterocycles. The minimum Gasteiger partial charge on any atom is -0.423 e. The third kappa shape index (κ3) is 4.42. The first-order chi connectivity index (χ1) is 13.2. The fourth-order valence-electron chi connectivity index (χ4n) is 3.50. The highest BCUT2D eigenvalue weighted by molar-refractivity contribution is 6.31. The van der Waals surface area contributed by atoms with Crippen LogP contribution in [0.5, 0.6) is 0 Å². The number of amides is 1. The van der Waals surface area contributed by atoms with Crippen molar-refractivity contribution in [1.82, 2.24) is 20.1 Å². The number of carbonyl (C=O) groups is 1. The molecule has 0 aliphatic carbocycles. The summed E-state index contributed by atoms with van der Waals surface area (Å²) in [6.07, 6.45) is 6.19. The number of anilines is 1. The number of nitrogens with zero attached hydrogens (tertiary/aromatic N) is 4. The average Bonchev–Trinajstić information content (AvgIpc) is 3.31. The fourth-order valence-corrected chi connectivity index (χ4v) is 3.67. The van der Waals surface area contributed by atoms with Gasteiger partial charge in [-0.3, -0.25) is 9.48 Å². The van der Waals surface area contributed by atoms with Gasteiger partial charge in [0.1, 0.15) is 5.52 Å². The number of hydrogen-bond donors (Lipinski definition) is 1. The van der Waals surface area contributed by atoms with Crippen molar-refractivity contribution in [3.63, 3.8) is 0 Å². The zero-order chi connectivity index (χ0) is 18.6. The highest BCUT2D eigenvalue weighted by Crippen LogP contribution is 2.28. The monoisotopic (exact) mass is 387 g/mol. The molecule has 0 bridgehead atoms. The van der Waals surface area contributed by atoms with Crippen molar-refractivity contribution < 1.29 is 9.21 Å². The summed E-state index contributed by atoms with van der Waals surface area (Å²) in [4.78, 5) is 18.9. The van der Waals surface area contributed by atoms with Crippen LogP contribution in [0.25, 0.3) is 11.1 Å². The Hall–Kier alpha value is -2.54. The Kier molecular flexibility index (Phi) is 5.29. The van der Waals surface area contributed by atoms with E-state index in [2.05, 4.69) is 20.3 Å². The van der Waals surface area contributed by atoms with E-state index in [1.54, 1.807) is 12.3 Å². The number of aromatic nitrogens is 3. The van der Waals surface area contributed by atoms with Crippen LogP contribution < -0.4 is 10.2 Å². The maximum atomic E-state index is 12.2. The molecule has 3 aromatic rings. The lowest BCUT2D eigenvalue weighted by molar-refractivity contribution is -0.122. The van der Waals surface area contributed by atoms with Gasteiger partial charge in [-0.05, 0) is 37.0 Å². The molecule has 1 unspecified atom stereocenters. The number of piperidine rings is 1. The van der Waals surface area contributed by atoms with E-state index in [1.807, 2.05) is 29.1 Å². The summed E-state index contributed by atoms with van der Waals surface area (Å²) >= 11 is 6.02. The minimum absolute atomic E-state index is 0.0818. The minimum atomic E-state index is 0.0818. The molecule has 1 atom stereocenters. The molecule has 0 spiro atoms. The molecule has 4 rings (SSSR count). The zero-order valence-electron chi connectivity index (χ0n) is 15.0. The molecule has 8 heteroatoms. The van der Waals surface area contributed by atoms with Crippen LogP contribution in [0.1, 0.15) is 19.3 Å². The Labute approximate surface area is 162 Å². The SMILES string of the molecule is O=C(CC1CCCN(c2nc3ccc(Cl)cc3o2)C1)NCCn1cccn1. The molecule has 1 aliphatic heterocycles. The second-order valence-electron chi connectivity index (χ2n) is 6.89. The largest absolute Gasteiger partial charge is 0.423 e. The van der Waals surface area contributed by atoms with Crippen LogP contribution in [0, 0.1) is 5.92 Å². The normalized spacial score (nSPS) is 17.4. The lowest BCUT2D eigenvalue weighted by Crippen LogP contribution is -2.38. The molecule has 3 heterocycles. The van der Waals surface area contributed by atoms with Gasteiger partial charge in [0.15, 0.2) is 5.58 Å². The second kappa shape index (κ2) is 8.00. The van der Waals surface area contributed by atoms with Gasteiger partial charge in [-0.25, -0.2) is 0 Å². The van der Waals surface area contributed by atoms with Gasteiger partial charge in [0.25, 0.3) is 6.01 Å². The Balaban J connectivity index is 1.31. The van der Waals surface area contributed by atoms with Crippen LogP contribution in [-0.4, -0.2) is 40.3 Å². The second-order valence-corrected chi connectivity index (χ2v) is 7.32. The number of halogens is 1. The van der Waals surface area contributed by atoms with Crippen molar-refractivity contribution in [1.29, 1.82) is 0 Å². The lowest BCUT2D eigenvalue weighted by Gasteiger charge is -2.31. The van der Waals surface area contributed by atoms with Crippen LogP contribution in [-0.2, 0) is 11.3 Å². The number of benzene rings is 1. The molecule has 1 N–H and O–H groups in total. The molecule has 1 aromatic carbocycles. The molecule has 0 saturated carbocycles. The molecule has 1 amide bonds. The Morgan fingerprint density at radius 1 is 1.41 bits per heavy atom. The van der Waals surface area contributed by atoms with Crippen LogP contribution in [0.15, 0.2) is 41.1 Å². The quantitative estimate of drug-likeness (QED) is 0.703. The summed E-state index contributed by atoms with van der Waals surface area (Å²) in [7, 11) is 0. The van der Waals surface area contributed by atoms with E-state index in [4.69, 9.17) is 16.0 Å². The van der Waals surface area contributed by atoms with Crippen molar-refractivity contribution >= 4 is 34.6 Å². The Morgan fingerprint density at radius 2 is 2.33 bits per heavy atom. The van der Waals surface area contributed by atoms with Gasteiger partial charge in [-0.15, -0.1) is 0 Å². The summed E-state index contributed by atoms with van der Waals surface area (Å²) in [5.74, 6) is 0.375. The summed E-state index contributed by atoms with van der Waals surface area (Å²) in [6, 6.07) is 7.93. The van der Waals surface area contributed by atoms with Gasteiger partial charge in [0, 0.05) is 49.5 Å². The number of rotatable bonds is 6. The summed E-state index contributed by atoms with van der Waals surface area (Å²) in [6.45, 7) is 2.93. The molecule has 1 saturated heterocycles. The van der Waals surface area contributed by atoms with Crippen molar-refractivity contribution in [2.45, 2.75) is 25.8 Å². The van der Waals surface area contributed by atoms with Gasteiger partial charge in [0.05, 0.1) is 6.54 Å². The average molecular weight is 388 g/mol. The maximum absolute atomic E-state index is 12.2. The summed E-state index contributed by atoms with van der Waals surface area (Å²) in [5.41, 5.74) is 1.49. The van der Waals surface area contributed by atoms with E-state index in [1.165, 1.54) is 0 Å². The lowest BCUT2D eigenvalue weighted by atomic mass is 9.95. The summed E-state index contributed by atoms with van der Waals surface area (Å²) < 4.78 is 7.68. The molecule has 0 radical (unpaired) electrons.